The molecule has 4 rings (SSSR count). The molecule has 1 unspecified atom stereocenters. The summed E-state index contributed by atoms with van der Waals surface area (Å²) in [5.41, 5.74) is 3.51. The lowest BCUT2D eigenvalue weighted by molar-refractivity contribution is -0.135. The van der Waals surface area contributed by atoms with Gasteiger partial charge in [-0.3, -0.25) is 14.7 Å². The van der Waals surface area contributed by atoms with Gasteiger partial charge in [0, 0.05) is 50.2 Å². The average Bonchev–Trinajstić information content (AvgIpc) is 2.75. The molecule has 0 spiro atoms. The van der Waals surface area contributed by atoms with Crippen LogP contribution in [0.4, 0.5) is 0 Å². The first-order chi connectivity index (χ1) is 13.7. The third-order valence-corrected chi connectivity index (χ3v) is 5.74. The fraction of sp³-hybridized carbons (Fsp3) is 0.455. The standard InChI is InChI=1S/C22H28N4O2/c1-28-21-5-4-18(17-6-8-23-9-7-17)13-19(21)15-25-11-2-3-20(16-25)26-12-10-24-14-22(26)27/h4-9,13,20,24H,2-3,10-12,14-16H2,1H3. The van der Waals surface area contributed by atoms with Crippen LogP contribution in [0, 0.1) is 0 Å². The van der Waals surface area contributed by atoms with E-state index in [1.54, 1.807) is 7.11 Å². The lowest BCUT2D eigenvalue weighted by Crippen LogP contribution is -2.56. The van der Waals surface area contributed by atoms with E-state index in [1.165, 1.54) is 11.1 Å². The molecule has 2 aromatic rings. The third kappa shape index (κ3) is 4.18. The number of piperidine rings is 1. The highest BCUT2D eigenvalue weighted by molar-refractivity contribution is 5.79. The number of methoxy groups -OCH3 is 1. The lowest BCUT2D eigenvalue weighted by atomic mass is 10.00. The molecule has 28 heavy (non-hydrogen) atoms. The van der Waals surface area contributed by atoms with Crippen molar-refractivity contribution in [2.45, 2.75) is 25.4 Å². The summed E-state index contributed by atoms with van der Waals surface area (Å²) in [7, 11) is 1.73. The summed E-state index contributed by atoms with van der Waals surface area (Å²) in [5.74, 6) is 1.15. The fourth-order valence-electron chi connectivity index (χ4n) is 4.30. The van der Waals surface area contributed by atoms with E-state index < -0.39 is 0 Å². The first-order valence-electron chi connectivity index (χ1n) is 10.0. The normalized spacial score (nSPS) is 21.0. The van der Waals surface area contributed by atoms with Gasteiger partial charge in [0.2, 0.25) is 5.91 Å². The number of carbonyl (C=O) groups excluding carboxylic acids is 1. The Morgan fingerprint density at radius 3 is 2.82 bits per heavy atom. The maximum Gasteiger partial charge on any atom is 0.236 e. The topological polar surface area (TPSA) is 57.7 Å². The number of likely N-dealkylation sites (tertiary alicyclic amines) is 1. The summed E-state index contributed by atoms with van der Waals surface area (Å²) in [4.78, 5) is 20.9. The van der Waals surface area contributed by atoms with Crippen LogP contribution in [0.2, 0.25) is 0 Å². The maximum atomic E-state index is 12.3. The minimum atomic E-state index is 0.232. The molecular weight excluding hydrogens is 352 g/mol. The highest BCUT2D eigenvalue weighted by atomic mass is 16.5. The van der Waals surface area contributed by atoms with Crippen LogP contribution in [0.25, 0.3) is 11.1 Å². The fourth-order valence-corrected chi connectivity index (χ4v) is 4.30. The van der Waals surface area contributed by atoms with Gasteiger partial charge in [0.1, 0.15) is 5.75 Å². The number of rotatable bonds is 5. The molecular formula is C22H28N4O2. The van der Waals surface area contributed by atoms with Gasteiger partial charge in [-0.25, -0.2) is 0 Å². The van der Waals surface area contributed by atoms with Crippen molar-refractivity contribution in [3.63, 3.8) is 0 Å². The number of aromatic nitrogens is 1. The molecule has 0 aliphatic carbocycles. The SMILES string of the molecule is COc1ccc(-c2ccncc2)cc1CN1CCCC(N2CCNCC2=O)C1. The number of ether oxygens (including phenoxy) is 1. The van der Waals surface area contributed by atoms with Gasteiger partial charge in [-0.15, -0.1) is 0 Å². The van der Waals surface area contributed by atoms with Gasteiger partial charge in [-0.2, -0.15) is 0 Å². The van der Waals surface area contributed by atoms with Gasteiger partial charge in [0.25, 0.3) is 0 Å². The zero-order valence-corrected chi connectivity index (χ0v) is 16.4. The number of piperazine rings is 1. The Morgan fingerprint density at radius 2 is 2.04 bits per heavy atom. The van der Waals surface area contributed by atoms with E-state index in [0.29, 0.717) is 12.6 Å². The highest BCUT2D eigenvalue weighted by Crippen LogP contribution is 2.28. The summed E-state index contributed by atoms with van der Waals surface area (Å²) >= 11 is 0. The van der Waals surface area contributed by atoms with Crippen molar-refractivity contribution in [2.75, 3.05) is 39.8 Å². The predicted octanol–water partition coefficient (Wildman–Crippen LogP) is 2.15. The lowest BCUT2D eigenvalue weighted by Gasteiger charge is -2.41. The molecule has 1 N–H and O–H groups in total. The second-order valence-corrected chi connectivity index (χ2v) is 7.56. The second-order valence-electron chi connectivity index (χ2n) is 7.56. The predicted molar refractivity (Wildman–Crippen MR) is 109 cm³/mol. The molecule has 1 atom stereocenters. The van der Waals surface area contributed by atoms with E-state index in [-0.39, 0.29) is 5.91 Å². The van der Waals surface area contributed by atoms with Crippen molar-refractivity contribution in [1.82, 2.24) is 20.1 Å². The molecule has 1 aromatic heterocycles. The van der Waals surface area contributed by atoms with Gasteiger partial charge in [0.05, 0.1) is 13.7 Å². The molecule has 1 aromatic carbocycles. The molecule has 0 saturated carbocycles. The molecule has 3 heterocycles. The van der Waals surface area contributed by atoms with Crippen LogP contribution in [0.1, 0.15) is 18.4 Å². The van der Waals surface area contributed by atoms with Crippen LogP contribution in [0.5, 0.6) is 5.75 Å². The average molecular weight is 380 g/mol. The van der Waals surface area contributed by atoms with Crippen LogP contribution in [-0.4, -0.2) is 66.6 Å². The number of pyridine rings is 1. The third-order valence-electron chi connectivity index (χ3n) is 5.74. The van der Waals surface area contributed by atoms with Crippen molar-refractivity contribution < 1.29 is 9.53 Å². The summed E-state index contributed by atoms with van der Waals surface area (Å²) in [6, 6.07) is 10.7. The molecule has 2 aliphatic heterocycles. The Bertz CT molecular complexity index is 811. The molecule has 1 amide bonds. The Balaban J connectivity index is 1.50. The Kier molecular flexibility index (Phi) is 5.88. The zero-order chi connectivity index (χ0) is 19.3. The van der Waals surface area contributed by atoms with Crippen LogP contribution >= 0.6 is 0 Å². The summed E-state index contributed by atoms with van der Waals surface area (Å²) in [6.07, 6.45) is 5.85. The number of carbonyl (C=O) groups is 1. The highest BCUT2D eigenvalue weighted by Gasteiger charge is 2.30. The van der Waals surface area contributed by atoms with E-state index in [4.69, 9.17) is 4.74 Å². The Labute approximate surface area is 166 Å². The first-order valence-corrected chi connectivity index (χ1v) is 10.0. The molecule has 148 valence electrons. The molecule has 0 radical (unpaired) electrons. The number of amides is 1. The van der Waals surface area contributed by atoms with Crippen molar-refractivity contribution in [3.8, 4) is 16.9 Å². The van der Waals surface area contributed by atoms with Crippen molar-refractivity contribution in [3.05, 3.63) is 48.3 Å². The molecule has 6 heteroatoms. The van der Waals surface area contributed by atoms with E-state index in [9.17, 15) is 4.79 Å². The van der Waals surface area contributed by atoms with Crippen molar-refractivity contribution >= 4 is 5.91 Å². The van der Waals surface area contributed by atoms with Gasteiger partial charge in [-0.1, -0.05) is 6.07 Å². The van der Waals surface area contributed by atoms with E-state index >= 15 is 0 Å². The molecule has 2 saturated heterocycles. The Morgan fingerprint density at radius 1 is 1.18 bits per heavy atom. The van der Waals surface area contributed by atoms with Gasteiger partial charge in [0.15, 0.2) is 0 Å². The molecule has 2 fully saturated rings. The Hall–Kier alpha value is -2.44. The van der Waals surface area contributed by atoms with Gasteiger partial charge < -0.3 is 15.0 Å². The molecule has 2 aliphatic rings. The van der Waals surface area contributed by atoms with Gasteiger partial charge >= 0.3 is 0 Å². The minimum absolute atomic E-state index is 0.232. The smallest absolute Gasteiger partial charge is 0.236 e. The van der Waals surface area contributed by atoms with Crippen LogP contribution in [0.3, 0.4) is 0 Å². The van der Waals surface area contributed by atoms with Crippen molar-refractivity contribution in [2.24, 2.45) is 0 Å². The zero-order valence-electron chi connectivity index (χ0n) is 16.4. The largest absolute Gasteiger partial charge is 0.496 e. The quantitative estimate of drug-likeness (QED) is 0.861. The van der Waals surface area contributed by atoms with Crippen LogP contribution < -0.4 is 10.1 Å². The number of nitrogens with zero attached hydrogens (tertiary/aromatic N) is 3. The van der Waals surface area contributed by atoms with Crippen LogP contribution in [0.15, 0.2) is 42.7 Å². The monoisotopic (exact) mass is 380 g/mol. The second kappa shape index (κ2) is 8.71. The molecule has 0 bridgehead atoms. The summed E-state index contributed by atoms with van der Waals surface area (Å²) < 4.78 is 5.63. The van der Waals surface area contributed by atoms with E-state index in [0.717, 1.165) is 56.9 Å². The van der Waals surface area contributed by atoms with E-state index in [1.807, 2.05) is 30.6 Å². The van der Waals surface area contributed by atoms with Crippen LogP contribution in [-0.2, 0) is 11.3 Å². The number of hydrogen-bond donors (Lipinski definition) is 1. The summed E-state index contributed by atoms with van der Waals surface area (Å²) in [5, 5.41) is 3.17. The minimum Gasteiger partial charge on any atom is -0.496 e. The van der Waals surface area contributed by atoms with Gasteiger partial charge in [-0.05, 0) is 54.8 Å². The first kappa shape index (κ1) is 18.9. The molecule has 6 nitrogen and oxygen atoms in total. The van der Waals surface area contributed by atoms with Crippen molar-refractivity contribution in [1.29, 1.82) is 0 Å². The number of benzene rings is 1. The number of nitrogens with one attached hydrogen (secondary N) is 1. The van der Waals surface area contributed by atoms with E-state index in [2.05, 4.69) is 32.2 Å². The number of hydrogen-bond acceptors (Lipinski definition) is 5. The maximum absolute atomic E-state index is 12.3. The summed E-state index contributed by atoms with van der Waals surface area (Å²) in [6.45, 7) is 4.99.